The number of carbonyl (C=O) groups is 1. The number of hydrogen-bond donors (Lipinski definition) is 1. The van der Waals surface area contributed by atoms with Crippen molar-refractivity contribution in [3.05, 3.63) is 34.3 Å². The first kappa shape index (κ1) is 16.5. The van der Waals surface area contributed by atoms with Crippen LogP contribution in [-0.2, 0) is 15.1 Å². The molecule has 1 saturated carbocycles. The highest BCUT2D eigenvalue weighted by atomic mass is 79.9. The third-order valence-electron chi connectivity index (χ3n) is 4.28. The Hall–Kier alpha value is -0.870. The Balaban J connectivity index is 2.37. The van der Waals surface area contributed by atoms with Crippen LogP contribution < -0.4 is 5.32 Å². The molecule has 1 fully saturated rings. The highest BCUT2D eigenvalue weighted by Gasteiger charge is 2.42. The van der Waals surface area contributed by atoms with Crippen LogP contribution in [-0.4, -0.2) is 18.6 Å². The topological polar surface area (TPSA) is 38.3 Å². The normalized spacial score (nSPS) is 18.4. The molecule has 0 bridgehead atoms. The van der Waals surface area contributed by atoms with Crippen LogP contribution in [0.5, 0.6) is 0 Å². The van der Waals surface area contributed by atoms with Crippen LogP contribution in [0.1, 0.15) is 51.5 Å². The fraction of sp³-hybridized carbons (Fsp3) is 0.588. The van der Waals surface area contributed by atoms with Crippen LogP contribution in [0.25, 0.3) is 0 Å². The Morgan fingerprint density at radius 3 is 2.67 bits per heavy atom. The van der Waals surface area contributed by atoms with Crippen LogP contribution in [0.2, 0.25) is 0 Å². The van der Waals surface area contributed by atoms with Gasteiger partial charge in [0, 0.05) is 10.5 Å². The molecule has 1 aliphatic rings. The summed E-state index contributed by atoms with van der Waals surface area (Å²) >= 11 is 3.50. The van der Waals surface area contributed by atoms with E-state index in [0.717, 1.165) is 22.9 Å². The molecule has 1 aliphatic carbocycles. The maximum atomic E-state index is 12.7. The zero-order chi connectivity index (χ0) is 15.3. The van der Waals surface area contributed by atoms with Gasteiger partial charge in [0.1, 0.15) is 5.54 Å². The van der Waals surface area contributed by atoms with Gasteiger partial charge in [0.25, 0.3) is 0 Å². The summed E-state index contributed by atoms with van der Waals surface area (Å²) in [6.07, 6.45) is 5.42. The van der Waals surface area contributed by atoms with Crippen molar-refractivity contribution in [3.8, 4) is 0 Å². The summed E-state index contributed by atoms with van der Waals surface area (Å²) in [7, 11) is 0. The fourth-order valence-electron chi connectivity index (χ4n) is 3.14. The van der Waals surface area contributed by atoms with Crippen molar-refractivity contribution < 1.29 is 9.53 Å². The van der Waals surface area contributed by atoms with Crippen molar-refractivity contribution in [1.29, 1.82) is 0 Å². The van der Waals surface area contributed by atoms with Crippen LogP contribution in [0, 0.1) is 0 Å². The molecule has 1 N–H and O–H groups in total. The van der Waals surface area contributed by atoms with E-state index in [0.29, 0.717) is 19.1 Å². The van der Waals surface area contributed by atoms with Gasteiger partial charge in [-0.15, -0.1) is 0 Å². The molecule has 0 saturated heterocycles. The Labute approximate surface area is 135 Å². The lowest BCUT2D eigenvalue weighted by atomic mass is 9.86. The molecule has 0 aromatic heterocycles. The molecule has 1 aromatic rings. The minimum atomic E-state index is -0.741. The van der Waals surface area contributed by atoms with Crippen LogP contribution in [0.4, 0.5) is 0 Å². The van der Waals surface area contributed by atoms with E-state index in [4.69, 9.17) is 4.74 Å². The first-order valence-corrected chi connectivity index (χ1v) is 8.62. The van der Waals surface area contributed by atoms with Gasteiger partial charge >= 0.3 is 5.97 Å². The minimum absolute atomic E-state index is 0.169. The van der Waals surface area contributed by atoms with Gasteiger partial charge in [0.05, 0.1) is 6.61 Å². The molecule has 116 valence electrons. The molecule has 2 rings (SSSR count). The van der Waals surface area contributed by atoms with E-state index in [1.807, 2.05) is 38.1 Å². The molecule has 1 atom stereocenters. The Kier molecular flexibility index (Phi) is 5.82. The van der Waals surface area contributed by atoms with Crippen molar-refractivity contribution in [2.24, 2.45) is 0 Å². The van der Waals surface area contributed by atoms with E-state index < -0.39 is 5.54 Å². The number of carbonyl (C=O) groups excluding carboxylic acids is 1. The maximum absolute atomic E-state index is 12.7. The van der Waals surface area contributed by atoms with Crippen LogP contribution in [0.3, 0.4) is 0 Å². The van der Waals surface area contributed by atoms with E-state index in [2.05, 4.69) is 21.2 Å². The SMILES string of the molecule is CCOC(=O)C(CC)(NC1CCCC1)c1cccc(Br)c1. The molecular formula is C17H24BrNO2. The minimum Gasteiger partial charge on any atom is -0.464 e. The van der Waals surface area contributed by atoms with Crippen molar-refractivity contribution in [1.82, 2.24) is 5.32 Å². The van der Waals surface area contributed by atoms with Crippen molar-refractivity contribution >= 4 is 21.9 Å². The van der Waals surface area contributed by atoms with E-state index in [1.54, 1.807) is 0 Å². The largest absolute Gasteiger partial charge is 0.464 e. The standard InChI is InChI=1S/C17H24BrNO2/c1-3-17(16(20)21-4-2,19-15-10-5-6-11-15)13-8-7-9-14(18)12-13/h7-9,12,15,19H,3-6,10-11H2,1-2H3. The van der Waals surface area contributed by atoms with Crippen molar-refractivity contribution in [2.75, 3.05) is 6.61 Å². The molecular weight excluding hydrogens is 330 g/mol. The summed E-state index contributed by atoms with van der Waals surface area (Å²) in [5.41, 5.74) is 0.235. The second-order valence-corrected chi connectivity index (χ2v) is 6.53. The van der Waals surface area contributed by atoms with Crippen LogP contribution >= 0.6 is 15.9 Å². The number of nitrogens with one attached hydrogen (secondary N) is 1. The van der Waals surface area contributed by atoms with Gasteiger partial charge in [0.2, 0.25) is 0 Å². The van der Waals surface area contributed by atoms with E-state index in [9.17, 15) is 4.79 Å². The van der Waals surface area contributed by atoms with Gasteiger partial charge in [-0.25, -0.2) is 4.79 Å². The summed E-state index contributed by atoms with van der Waals surface area (Å²) in [4.78, 5) is 12.7. The third kappa shape index (κ3) is 3.67. The van der Waals surface area contributed by atoms with E-state index in [-0.39, 0.29) is 5.97 Å². The zero-order valence-corrected chi connectivity index (χ0v) is 14.4. The number of ether oxygens (including phenoxy) is 1. The molecule has 1 unspecified atom stereocenters. The monoisotopic (exact) mass is 353 g/mol. The lowest BCUT2D eigenvalue weighted by molar-refractivity contribution is -0.152. The van der Waals surface area contributed by atoms with Gasteiger partial charge in [-0.05, 0) is 43.9 Å². The van der Waals surface area contributed by atoms with Gasteiger partial charge in [-0.3, -0.25) is 5.32 Å². The summed E-state index contributed by atoms with van der Waals surface area (Å²) in [6, 6.07) is 8.37. The molecule has 0 aliphatic heterocycles. The predicted molar refractivity (Wildman–Crippen MR) is 88.1 cm³/mol. The Morgan fingerprint density at radius 1 is 1.38 bits per heavy atom. The molecule has 0 amide bonds. The quantitative estimate of drug-likeness (QED) is 0.780. The second-order valence-electron chi connectivity index (χ2n) is 5.62. The number of halogens is 1. The average molecular weight is 354 g/mol. The summed E-state index contributed by atoms with van der Waals surface area (Å²) in [5, 5.41) is 3.61. The fourth-order valence-corrected chi connectivity index (χ4v) is 3.54. The van der Waals surface area contributed by atoms with Crippen molar-refractivity contribution in [2.45, 2.75) is 57.5 Å². The molecule has 3 nitrogen and oxygen atoms in total. The first-order valence-electron chi connectivity index (χ1n) is 7.83. The molecule has 1 aromatic carbocycles. The highest BCUT2D eigenvalue weighted by Crippen LogP contribution is 2.32. The number of benzene rings is 1. The lowest BCUT2D eigenvalue weighted by Gasteiger charge is -2.35. The number of esters is 1. The van der Waals surface area contributed by atoms with Gasteiger partial charge < -0.3 is 4.74 Å². The molecule has 21 heavy (non-hydrogen) atoms. The van der Waals surface area contributed by atoms with Crippen LogP contribution in [0.15, 0.2) is 28.7 Å². The zero-order valence-electron chi connectivity index (χ0n) is 12.8. The highest BCUT2D eigenvalue weighted by molar-refractivity contribution is 9.10. The second kappa shape index (κ2) is 7.41. The molecule has 4 heteroatoms. The number of rotatable bonds is 6. The van der Waals surface area contributed by atoms with Crippen molar-refractivity contribution in [3.63, 3.8) is 0 Å². The lowest BCUT2D eigenvalue weighted by Crippen LogP contribution is -2.53. The maximum Gasteiger partial charge on any atom is 0.330 e. The smallest absolute Gasteiger partial charge is 0.330 e. The first-order chi connectivity index (χ1) is 10.1. The Morgan fingerprint density at radius 2 is 2.10 bits per heavy atom. The summed E-state index contributed by atoms with van der Waals surface area (Å²) in [6.45, 7) is 4.30. The number of hydrogen-bond acceptors (Lipinski definition) is 3. The predicted octanol–water partition coefficient (Wildman–Crippen LogP) is 4.15. The average Bonchev–Trinajstić information content (AvgIpc) is 2.98. The molecule has 0 radical (unpaired) electrons. The Bertz CT molecular complexity index is 485. The van der Waals surface area contributed by atoms with Gasteiger partial charge in [-0.1, -0.05) is 47.8 Å². The van der Waals surface area contributed by atoms with E-state index >= 15 is 0 Å². The molecule has 0 heterocycles. The summed E-state index contributed by atoms with van der Waals surface area (Å²) in [5.74, 6) is -0.169. The molecule has 0 spiro atoms. The third-order valence-corrected chi connectivity index (χ3v) is 4.77. The van der Waals surface area contributed by atoms with Gasteiger partial charge in [-0.2, -0.15) is 0 Å². The summed E-state index contributed by atoms with van der Waals surface area (Å²) < 4.78 is 6.37. The van der Waals surface area contributed by atoms with Gasteiger partial charge in [0.15, 0.2) is 0 Å². The van der Waals surface area contributed by atoms with E-state index in [1.165, 1.54) is 12.8 Å².